The third-order valence-corrected chi connectivity index (χ3v) is 3.15. The molecule has 1 amide bonds. The van der Waals surface area contributed by atoms with Crippen molar-refractivity contribution in [3.8, 4) is 5.75 Å². The van der Waals surface area contributed by atoms with E-state index < -0.39 is 6.04 Å². The molecule has 0 aromatic heterocycles. The molecule has 1 aromatic carbocycles. The first-order chi connectivity index (χ1) is 9.58. The van der Waals surface area contributed by atoms with E-state index in [1.165, 1.54) is 0 Å². The molecule has 5 heteroatoms. The Morgan fingerprint density at radius 2 is 2.15 bits per heavy atom. The standard InChI is InChI=1S/C15H24N2O3/c1-11(12-6-4-7-13(10-12)20-3)17-15(18)14(16)8-5-9-19-2/h4,6-7,10-11,14H,5,8-9,16H2,1-3H3,(H,17,18). The number of hydrogen-bond acceptors (Lipinski definition) is 4. The van der Waals surface area contributed by atoms with Crippen molar-refractivity contribution in [2.45, 2.75) is 31.8 Å². The Hall–Kier alpha value is -1.59. The van der Waals surface area contributed by atoms with Gasteiger partial charge in [-0.15, -0.1) is 0 Å². The van der Waals surface area contributed by atoms with Crippen LogP contribution in [0, 0.1) is 0 Å². The second kappa shape index (κ2) is 8.55. The zero-order chi connectivity index (χ0) is 15.0. The predicted molar refractivity (Wildman–Crippen MR) is 78.6 cm³/mol. The van der Waals surface area contributed by atoms with Gasteiger partial charge in [-0.3, -0.25) is 4.79 Å². The number of amides is 1. The van der Waals surface area contributed by atoms with Crippen molar-refractivity contribution in [3.63, 3.8) is 0 Å². The number of hydrogen-bond donors (Lipinski definition) is 2. The van der Waals surface area contributed by atoms with Gasteiger partial charge in [0, 0.05) is 13.7 Å². The summed E-state index contributed by atoms with van der Waals surface area (Å²) in [7, 11) is 3.25. The highest BCUT2D eigenvalue weighted by molar-refractivity contribution is 5.81. The van der Waals surface area contributed by atoms with Crippen LogP contribution in [0.2, 0.25) is 0 Å². The zero-order valence-electron chi connectivity index (χ0n) is 12.4. The van der Waals surface area contributed by atoms with Gasteiger partial charge in [-0.25, -0.2) is 0 Å². The summed E-state index contributed by atoms with van der Waals surface area (Å²) < 4.78 is 10.1. The van der Waals surface area contributed by atoms with Crippen LogP contribution in [-0.4, -0.2) is 32.8 Å². The lowest BCUT2D eigenvalue weighted by Crippen LogP contribution is -2.41. The summed E-state index contributed by atoms with van der Waals surface area (Å²) in [4.78, 5) is 12.0. The van der Waals surface area contributed by atoms with Gasteiger partial charge in [0.1, 0.15) is 5.75 Å². The molecule has 0 saturated heterocycles. The number of carbonyl (C=O) groups excluding carboxylic acids is 1. The number of carbonyl (C=O) groups is 1. The van der Waals surface area contributed by atoms with Gasteiger partial charge < -0.3 is 20.5 Å². The number of methoxy groups -OCH3 is 2. The average molecular weight is 280 g/mol. The highest BCUT2D eigenvalue weighted by Gasteiger charge is 2.16. The maximum Gasteiger partial charge on any atom is 0.237 e. The van der Waals surface area contributed by atoms with Crippen molar-refractivity contribution in [2.24, 2.45) is 5.73 Å². The molecular formula is C15H24N2O3. The van der Waals surface area contributed by atoms with E-state index in [1.54, 1.807) is 14.2 Å². The van der Waals surface area contributed by atoms with Gasteiger partial charge in [0.15, 0.2) is 0 Å². The van der Waals surface area contributed by atoms with Crippen LogP contribution in [0.3, 0.4) is 0 Å². The molecule has 2 unspecified atom stereocenters. The predicted octanol–water partition coefficient (Wildman–Crippen LogP) is 1.63. The van der Waals surface area contributed by atoms with Crippen LogP contribution in [-0.2, 0) is 9.53 Å². The van der Waals surface area contributed by atoms with Crippen LogP contribution < -0.4 is 15.8 Å². The molecule has 112 valence electrons. The molecule has 1 aromatic rings. The fourth-order valence-corrected chi connectivity index (χ4v) is 1.89. The quantitative estimate of drug-likeness (QED) is 0.710. The Morgan fingerprint density at radius 3 is 2.80 bits per heavy atom. The lowest BCUT2D eigenvalue weighted by atomic mass is 10.1. The van der Waals surface area contributed by atoms with E-state index >= 15 is 0 Å². The highest BCUT2D eigenvalue weighted by atomic mass is 16.5. The lowest BCUT2D eigenvalue weighted by molar-refractivity contribution is -0.123. The molecule has 0 bridgehead atoms. The van der Waals surface area contributed by atoms with E-state index in [0.29, 0.717) is 13.0 Å². The molecule has 0 spiro atoms. The van der Waals surface area contributed by atoms with Gasteiger partial charge in [-0.1, -0.05) is 12.1 Å². The van der Waals surface area contributed by atoms with Crippen molar-refractivity contribution in [3.05, 3.63) is 29.8 Å². The Bertz CT molecular complexity index is 423. The molecule has 0 aliphatic heterocycles. The van der Waals surface area contributed by atoms with Crippen LogP contribution in [0.25, 0.3) is 0 Å². The van der Waals surface area contributed by atoms with Gasteiger partial charge >= 0.3 is 0 Å². The third kappa shape index (κ3) is 5.19. The minimum absolute atomic E-state index is 0.105. The van der Waals surface area contributed by atoms with E-state index in [0.717, 1.165) is 17.7 Å². The molecule has 0 aliphatic carbocycles. The Morgan fingerprint density at radius 1 is 1.40 bits per heavy atom. The molecule has 0 radical (unpaired) electrons. The third-order valence-electron chi connectivity index (χ3n) is 3.15. The topological polar surface area (TPSA) is 73.6 Å². The second-order valence-electron chi connectivity index (χ2n) is 4.75. The maximum absolute atomic E-state index is 12.0. The fraction of sp³-hybridized carbons (Fsp3) is 0.533. The molecule has 0 aliphatic rings. The SMILES string of the molecule is COCCCC(N)C(=O)NC(C)c1cccc(OC)c1. The molecule has 0 fully saturated rings. The Balaban J connectivity index is 2.51. The summed E-state index contributed by atoms with van der Waals surface area (Å²) in [6.45, 7) is 2.54. The van der Waals surface area contributed by atoms with E-state index in [9.17, 15) is 4.79 Å². The number of rotatable bonds is 8. The lowest BCUT2D eigenvalue weighted by Gasteiger charge is -2.18. The molecule has 0 saturated carbocycles. The molecular weight excluding hydrogens is 256 g/mol. The fourth-order valence-electron chi connectivity index (χ4n) is 1.89. The van der Waals surface area contributed by atoms with Crippen molar-refractivity contribution >= 4 is 5.91 Å². The summed E-state index contributed by atoms with van der Waals surface area (Å²) >= 11 is 0. The maximum atomic E-state index is 12.0. The molecule has 20 heavy (non-hydrogen) atoms. The van der Waals surface area contributed by atoms with Crippen molar-refractivity contribution in [1.29, 1.82) is 0 Å². The van der Waals surface area contributed by atoms with Gasteiger partial charge in [0.05, 0.1) is 19.2 Å². The largest absolute Gasteiger partial charge is 0.497 e. The van der Waals surface area contributed by atoms with E-state index in [4.69, 9.17) is 15.2 Å². The van der Waals surface area contributed by atoms with Crippen molar-refractivity contribution in [2.75, 3.05) is 20.8 Å². The van der Waals surface area contributed by atoms with Crippen molar-refractivity contribution < 1.29 is 14.3 Å². The van der Waals surface area contributed by atoms with E-state index in [2.05, 4.69) is 5.32 Å². The van der Waals surface area contributed by atoms with E-state index in [1.807, 2.05) is 31.2 Å². The van der Waals surface area contributed by atoms with Gasteiger partial charge in [0.2, 0.25) is 5.91 Å². The minimum atomic E-state index is -0.502. The minimum Gasteiger partial charge on any atom is -0.497 e. The Labute approximate surface area is 120 Å². The number of ether oxygens (including phenoxy) is 2. The summed E-state index contributed by atoms with van der Waals surface area (Å²) in [5.74, 6) is 0.629. The molecule has 2 atom stereocenters. The first-order valence-corrected chi connectivity index (χ1v) is 6.77. The summed E-state index contributed by atoms with van der Waals surface area (Å²) in [5.41, 5.74) is 6.84. The molecule has 5 nitrogen and oxygen atoms in total. The first-order valence-electron chi connectivity index (χ1n) is 6.77. The normalized spacial score (nSPS) is 13.6. The van der Waals surface area contributed by atoms with Crippen LogP contribution in [0.4, 0.5) is 0 Å². The Kier molecular flexibility index (Phi) is 7.04. The van der Waals surface area contributed by atoms with Crippen LogP contribution in [0.5, 0.6) is 5.75 Å². The van der Waals surface area contributed by atoms with Gasteiger partial charge in [-0.2, -0.15) is 0 Å². The van der Waals surface area contributed by atoms with Crippen molar-refractivity contribution in [1.82, 2.24) is 5.32 Å². The van der Waals surface area contributed by atoms with Crippen LogP contribution in [0.1, 0.15) is 31.4 Å². The van der Waals surface area contributed by atoms with Crippen LogP contribution in [0.15, 0.2) is 24.3 Å². The summed E-state index contributed by atoms with van der Waals surface area (Å²) in [6, 6.07) is 7.01. The number of nitrogens with two attached hydrogens (primary N) is 1. The monoisotopic (exact) mass is 280 g/mol. The first kappa shape index (κ1) is 16.5. The molecule has 1 rings (SSSR count). The second-order valence-corrected chi connectivity index (χ2v) is 4.75. The highest BCUT2D eigenvalue weighted by Crippen LogP contribution is 2.18. The van der Waals surface area contributed by atoms with Crippen LogP contribution >= 0.6 is 0 Å². The van der Waals surface area contributed by atoms with Gasteiger partial charge in [-0.05, 0) is 37.5 Å². The molecule has 0 heterocycles. The van der Waals surface area contributed by atoms with Gasteiger partial charge in [0.25, 0.3) is 0 Å². The average Bonchev–Trinajstić information content (AvgIpc) is 2.47. The number of nitrogens with one attached hydrogen (secondary N) is 1. The summed E-state index contributed by atoms with van der Waals surface area (Å²) in [5, 5.41) is 2.91. The van der Waals surface area contributed by atoms with E-state index in [-0.39, 0.29) is 11.9 Å². The molecule has 3 N–H and O–H groups in total. The zero-order valence-corrected chi connectivity index (χ0v) is 12.4. The number of benzene rings is 1. The summed E-state index contributed by atoms with van der Waals surface area (Å²) in [6.07, 6.45) is 1.39. The smallest absolute Gasteiger partial charge is 0.237 e.